The highest BCUT2D eigenvalue weighted by Gasteiger charge is 2.16. The van der Waals surface area contributed by atoms with Gasteiger partial charge >= 0.3 is 0 Å². The fraction of sp³-hybridized carbons (Fsp3) is 0.286. The molecule has 1 aromatic heterocycles. The molecule has 3 rings (SSSR count). The average molecular weight is 305 g/mol. The molecule has 0 bridgehead atoms. The number of anilines is 2. The Morgan fingerprint density at radius 3 is 3.29 bits per heavy atom. The van der Waals surface area contributed by atoms with Crippen molar-refractivity contribution in [2.45, 2.75) is 0 Å². The van der Waals surface area contributed by atoms with Gasteiger partial charge in [-0.1, -0.05) is 0 Å². The van der Waals surface area contributed by atoms with Gasteiger partial charge in [-0.2, -0.15) is 0 Å². The molecule has 6 nitrogen and oxygen atoms in total. The first-order valence-electron chi connectivity index (χ1n) is 6.51. The summed E-state index contributed by atoms with van der Waals surface area (Å²) in [7, 11) is 1.67. The number of hydrogen-bond donors (Lipinski definition) is 2. The van der Waals surface area contributed by atoms with Gasteiger partial charge in [0.25, 0.3) is 5.91 Å². The van der Waals surface area contributed by atoms with E-state index in [9.17, 15) is 4.79 Å². The summed E-state index contributed by atoms with van der Waals surface area (Å²) in [6.45, 7) is 1.42. The fourth-order valence-corrected chi connectivity index (χ4v) is 2.74. The number of fused-ring (bicyclic) bond motifs is 1. The van der Waals surface area contributed by atoms with Crippen molar-refractivity contribution in [1.82, 2.24) is 4.98 Å². The van der Waals surface area contributed by atoms with Crippen molar-refractivity contribution >= 4 is 28.1 Å². The number of thiazole rings is 1. The summed E-state index contributed by atoms with van der Waals surface area (Å²) < 4.78 is 10.3. The van der Waals surface area contributed by atoms with Crippen LogP contribution in [0.4, 0.5) is 10.8 Å². The van der Waals surface area contributed by atoms with Gasteiger partial charge in [0.15, 0.2) is 11.7 Å². The number of aromatic nitrogens is 1. The molecule has 0 saturated heterocycles. The molecular weight excluding hydrogens is 290 g/mol. The quantitative estimate of drug-likeness (QED) is 0.829. The number of carbonyl (C=O) groups excluding carboxylic acids is 1. The minimum Gasteiger partial charge on any atom is -0.482 e. The van der Waals surface area contributed by atoms with Crippen molar-refractivity contribution < 1.29 is 14.3 Å². The van der Waals surface area contributed by atoms with E-state index in [4.69, 9.17) is 9.47 Å². The average Bonchev–Trinajstić information content (AvgIpc) is 2.95. The molecule has 0 radical (unpaired) electrons. The second-order valence-corrected chi connectivity index (χ2v) is 5.36. The maximum Gasteiger partial charge on any atom is 0.262 e. The monoisotopic (exact) mass is 305 g/mol. The first-order chi connectivity index (χ1) is 10.3. The first kappa shape index (κ1) is 13.8. The number of rotatable bonds is 5. The highest BCUT2D eigenvalue weighted by molar-refractivity contribution is 7.14. The largest absolute Gasteiger partial charge is 0.482 e. The van der Waals surface area contributed by atoms with E-state index >= 15 is 0 Å². The summed E-state index contributed by atoms with van der Waals surface area (Å²) in [6.07, 6.45) is 0. The first-order valence-corrected chi connectivity index (χ1v) is 7.39. The van der Waals surface area contributed by atoms with Crippen LogP contribution in [0.5, 0.6) is 5.75 Å². The van der Waals surface area contributed by atoms with Crippen LogP contribution in [-0.4, -0.2) is 37.8 Å². The van der Waals surface area contributed by atoms with Crippen LogP contribution < -0.4 is 15.4 Å². The fourth-order valence-electron chi connectivity index (χ4n) is 1.99. The molecule has 1 aromatic carbocycles. The normalized spacial score (nSPS) is 13.3. The summed E-state index contributed by atoms with van der Waals surface area (Å²) >= 11 is 1.54. The van der Waals surface area contributed by atoms with Gasteiger partial charge in [-0.3, -0.25) is 4.79 Å². The third-order valence-electron chi connectivity index (χ3n) is 2.99. The number of carbonyl (C=O) groups is 1. The van der Waals surface area contributed by atoms with Crippen LogP contribution >= 0.6 is 11.3 Å². The summed E-state index contributed by atoms with van der Waals surface area (Å²) in [5, 5.41) is 8.81. The van der Waals surface area contributed by atoms with Gasteiger partial charge in [0.1, 0.15) is 5.75 Å². The number of benzene rings is 1. The Balaban J connectivity index is 1.78. The van der Waals surface area contributed by atoms with Crippen LogP contribution in [0, 0.1) is 0 Å². The van der Waals surface area contributed by atoms with Gasteiger partial charge in [0.05, 0.1) is 18.0 Å². The maximum atomic E-state index is 11.4. The number of nitrogens with one attached hydrogen (secondary N) is 2. The van der Waals surface area contributed by atoms with E-state index in [0.29, 0.717) is 18.0 Å². The van der Waals surface area contributed by atoms with Crippen molar-refractivity contribution in [3.63, 3.8) is 0 Å². The molecule has 110 valence electrons. The molecule has 0 aliphatic carbocycles. The van der Waals surface area contributed by atoms with Crippen molar-refractivity contribution in [3.8, 4) is 17.0 Å². The molecule has 2 N–H and O–H groups in total. The van der Waals surface area contributed by atoms with E-state index < -0.39 is 0 Å². The van der Waals surface area contributed by atoms with Gasteiger partial charge in [0.2, 0.25) is 0 Å². The van der Waals surface area contributed by atoms with E-state index in [2.05, 4.69) is 15.6 Å². The molecule has 7 heteroatoms. The van der Waals surface area contributed by atoms with Gasteiger partial charge in [-0.05, 0) is 18.2 Å². The highest BCUT2D eigenvalue weighted by atomic mass is 32.1. The summed E-state index contributed by atoms with van der Waals surface area (Å²) in [4.78, 5) is 15.9. The molecule has 0 saturated carbocycles. The lowest BCUT2D eigenvalue weighted by atomic mass is 10.1. The Kier molecular flexibility index (Phi) is 4.03. The lowest BCUT2D eigenvalue weighted by Gasteiger charge is -2.18. The van der Waals surface area contributed by atoms with E-state index in [1.54, 1.807) is 7.11 Å². The third kappa shape index (κ3) is 3.14. The lowest BCUT2D eigenvalue weighted by molar-refractivity contribution is -0.118. The molecular formula is C14H15N3O3S. The number of nitrogens with zero attached hydrogens (tertiary/aromatic N) is 1. The van der Waals surface area contributed by atoms with Crippen LogP contribution in [0.1, 0.15) is 0 Å². The lowest BCUT2D eigenvalue weighted by Crippen LogP contribution is -2.25. The molecule has 1 amide bonds. The molecule has 21 heavy (non-hydrogen) atoms. The van der Waals surface area contributed by atoms with E-state index in [0.717, 1.165) is 22.9 Å². The topological polar surface area (TPSA) is 72.5 Å². The van der Waals surface area contributed by atoms with Crippen LogP contribution in [-0.2, 0) is 9.53 Å². The minimum absolute atomic E-state index is 0.0661. The van der Waals surface area contributed by atoms with Gasteiger partial charge in [0, 0.05) is 24.6 Å². The molecule has 2 aromatic rings. The minimum atomic E-state index is -0.139. The number of ether oxygens (including phenoxy) is 2. The van der Waals surface area contributed by atoms with Crippen LogP contribution in [0.2, 0.25) is 0 Å². The Hall–Kier alpha value is -2.12. The third-order valence-corrected chi connectivity index (χ3v) is 3.79. The number of amides is 1. The SMILES string of the molecule is COCCNc1nc(-c2ccc3c(c2)NC(=O)CO3)cs1. The Morgan fingerprint density at radius 1 is 1.52 bits per heavy atom. The predicted molar refractivity (Wildman–Crippen MR) is 82.0 cm³/mol. The molecule has 1 aliphatic rings. The van der Waals surface area contributed by atoms with Gasteiger partial charge in [-0.15, -0.1) is 11.3 Å². The van der Waals surface area contributed by atoms with E-state index in [1.165, 1.54) is 11.3 Å². The number of methoxy groups -OCH3 is 1. The number of hydrogen-bond acceptors (Lipinski definition) is 6. The Morgan fingerprint density at radius 2 is 2.43 bits per heavy atom. The summed E-state index contributed by atoms with van der Waals surface area (Å²) in [6, 6.07) is 5.66. The predicted octanol–water partition coefficient (Wildman–Crippen LogP) is 2.20. The second-order valence-electron chi connectivity index (χ2n) is 4.51. The van der Waals surface area contributed by atoms with Crippen LogP contribution in [0.25, 0.3) is 11.3 Å². The smallest absolute Gasteiger partial charge is 0.262 e. The molecule has 2 heterocycles. The van der Waals surface area contributed by atoms with Crippen molar-refractivity contribution in [3.05, 3.63) is 23.6 Å². The molecule has 0 fully saturated rings. The van der Waals surface area contributed by atoms with E-state index in [-0.39, 0.29) is 12.5 Å². The molecule has 0 atom stereocenters. The van der Waals surface area contributed by atoms with Gasteiger partial charge < -0.3 is 20.1 Å². The molecule has 1 aliphatic heterocycles. The molecule has 0 unspecified atom stereocenters. The summed E-state index contributed by atoms with van der Waals surface area (Å²) in [5.41, 5.74) is 2.49. The van der Waals surface area contributed by atoms with E-state index in [1.807, 2.05) is 23.6 Å². The zero-order valence-corrected chi connectivity index (χ0v) is 12.3. The molecule has 0 spiro atoms. The Labute approximate surface area is 126 Å². The van der Waals surface area contributed by atoms with Crippen molar-refractivity contribution in [2.24, 2.45) is 0 Å². The summed E-state index contributed by atoms with van der Waals surface area (Å²) in [5.74, 6) is 0.548. The standard InChI is InChI=1S/C14H15N3O3S/c1-19-5-4-15-14-17-11(8-21-14)9-2-3-12-10(6-9)16-13(18)7-20-12/h2-3,6,8H,4-5,7H2,1H3,(H,15,17)(H,16,18). The van der Waals surface area contributed by atoms with Crippen LogP contribution in [0.3, 0.4) is 0 Å². The van der Waals surface area contributed by atoms with Crippen LogP contribution in [0.15, 0.2) is 23.6 Å². The zero-order valence-electron chi connectivity index (χ0n) is 11.5. The second kappa shape index (κ2) is 6.11. The maximum absolute atomic E-state index is 11.4. The van der Waals surface area contributed by atoms with Crippen molar-refractivity contribution in [1.29, 1.82) is 0 Å². The zero-order chi connectivity index (χ0) is 14.7. The van der Waals surface area contributed by atoms with Gasteiger partial charge in [-0.25, -0.2) is 4.98 Å². The highest BCUT2D eigenvalue weighted by Crippen LogP contribution is 2.33. The Bertz CT molecular complexity index is 657. The van der Waals surface area contributed by atoms with Crippen molar-refractivity contribution in [2.75, 3.05) is 37.5 Å².